The van der Waals surface area contributed by atoms with Gasteiger partial charge in [0.15, 0.2) is 0 Å². The molecule has 0 saturated carbocycles. The second kappa shape index (κ2) is 4.42. The molecule has 60 valence electrons. The van der Waals surface area contributed by atoms with Crippen LogP contribution in [0.5, 0.6) is 0 Å². The summed E-state index contributed by atoms with van der Waals surface area (Å²) >= 11 is 5.04. The molecule has 0 unspecified atom stereocenters. The molecule has 0 aromatic carbocycles. The molecule has 0 saturated heterocycles. The van der Waals surface area contributed by atoms with Crippen LogP contribution in [0, 0.1) is 0 Å². The Hall–Kier alpha value is -0.470. The van der Waals surface area contributed by atoms with Gasteiger partial charge in [0.05, 0.1) is 0 Å². The molecular formula is C9H13NS. The lowest BCUT2D eigenvalue weighted by Crippen LogP contribution is -2.11. The van der Waals surface area contributed by atoms with Crippen molar-refractivity contribution in [2.75, 3.05) is 6.54 Å². The van der Waals surface area contributed by atoms with E-state index in [4.69, 9.17) is 18.0 Å². The normalized spacial score (nSPS) is 16.3. The summed E-state index contributed by atoms with van der Waals surface area (Å²) in [6.45, 7) is 0.528. The van der Waals surface area contributed by atoms with E-state index in [0.29, 0.717) is 6.54 Å². The van der Waals surface area contributed by atoms with Gasteiger partial charge in [0.25, 0.3) is 0 Å². The molecule has 2 N–H and O–H groups in total. The maximum absolute atomic E-state index is 5.40. The van der Waals surface area contributed by atoms with Crippen molar-refractivity contribution in [2.24, 2.45) is 5.73 Å². The third-order valence-electron chi connectivity index (χ3n) is 1.70. The number of hydrogen-bond donors (Lipinski definition) is 1. The van der Waals surface area contributed by atoms with Gasteiger partial charge in [0.1, 0.15) is 0 Å². The lowest BCUT2D eigenvalue weighted by molar-refractivity contribution is 1.01. The second-order valence-electron chi connectivity index (χ2n) is 2.68. The number of allylic oxidation sites excluding steroid dienone is 4. The minimum atomic E-state index is 0.528. The van der Waals surface area contributed by atoms with Crippen molar-refractivity contribution < 1.29 is 0 Å². The van der Waals surface area contributed by atoms with Crippen LogP contribution in [0.4, 0.5) is 0 Å². The van der Waals surface area contributed by atoms with Gasteiger partial charge in [-0.1, -0.05) is 30.4 Å². The van der Waals surface area contributed by atoms with Crippen LogP contribution in [-0.2, 0) is 0 Å². The van der Waals surface area contributed by atoms with Crippen LogP contribution >= 0.6 is 12.2 Å². The van der Waals surface area contributed by atoms with E-state index in [1.807, 2.05) is 0 Å². The molecule has 0 aromatic heterocycles. The fraction of sp³-hybridized carbons (Fsp3) is 0.444. The third-order valence-corrected chi connectivity index (χ3v) is 2.01. The fourth-order valence-corrected chi connectivity index (χ4v) is 1.27. The molecule has 0 spiro atoms. The van der Waals surface area contributed by atoms with Gasteiger partial charge in [-0.05, 0) is 18.4 Å². The van der Waals surface area contributed by atoms with Gasteiger partial charge in [-0.25, -0.2) is 0 Å². The summed E-state index contributed by atoms with van der Waals surface area (Å²) in [6, 6.07) is 0. The first-order chi connectivity index (χ1) is 5.33. The van der Waals surface area contributed by atoms with Crippen molar-refractivity contribution in [3.63, 3.8) is 0 Å². The standard InChI is InChI=1S/C9H13NS/c10-7-9(11)6-8-4-2-1-3-5-8/h2,4-5H,1,3,6-7,10H2. The first-order valence-corrected chi connectivity index (χ1v) is 4.31. The van der Waals surface area contributed by atoms with Gasteiger partial charge in [-0.3, -0.25) is 0 Å². The largest absolute Gasteiger partial charge is 0.326 e. The number of rotatable bonds is 3. The van der Waals surface area contributed by atoms with Crippen LogP contribution < -0.4 is 5.73 Å². The SMILES string of the molecule is NCC(=S)CC1=CCCC=C1. The molecule has 1 aliphatic carbocycles. The van der Waals surface area contributed by atoms with Crippen molar-refractivity contribution in [3.8, 4) is 0 Å². The highest BCUT2D eigenvalue weighted by molar-refractivity contribution is 7.80. The van der Waals surface area contributed by atoms with Crippen LogP contribution in [0.15, 0.2) is 23.8 Å². The maximum atomic E-state index is 5.40. The lowest BCUT2D eigenvalue weighted by atomic mass is 10.0. The smallest absolute Gasteiger partial charge is 0.0246 e. The van der Waals surface area contributed by atoms with Gasteiger partial charge in [-0.15, -0.1) is 0 Å². The Labute approximate surface area is 73.0 Å². The molecule has 0 amide bonds. The van der Waals surface area contributed by atoms with E-state index in [0.717, 1.165) is 17.7 Å². The molecule has 0 aliphatic heterocycles. The van der Waals surface area contributed by atoms with E-state index in [1.54, 1.807) is 0 Å². The zero-order valence-corrected chi connectivity index (χ0v) is 7.36. The summed E-state index contributed by atoms with van der Waals surface area (Å²) in [4.78, 5) is 0.947. The number of thiocarbonyl (C=S) groups is 1. The highest BCUT2D eigenvalue weighted by Gasteiger charge is 1.99. The van der Waals surface area contributed by atoms with E-state index in [9.17, 15) is 0 Å². The Bertz CT molecular complexity index is 204. The predicted octanol–water partition coefficient (Wildman–Crippen LogP) is 1.98. The van der Waals surface area contributed by atoms with E-state index in [-0.39, 0.29) is 0 Å². The number of nitrogens with two attached hydrogens (primary N) is 1. The molecule has 0 aromatic rings. The molecule has 0 radical (unpaired) electrons. The zero-order chi connectivity index (χ0) is 8.10. The van der Waals surface area contributed by atoms with E-state index < -0.39 is 0 Å². The Balaban J connectivity index is 2.42. The molecule has 11 heavy (non-hydrogen) atoms. The van der Waals surface area contributed by atoms with Gasteiger partial charge in [0.2, 0.25) is 0 Å². The summed E-state index contributed by atoms with van der Waals surface area (Å²) in [5, 5.41) is 0. The lowest BCUT2D eigenvalue weighted by Gasteiger charge is -2.05. The quantitative estimate of drug-likeness (QED) is 0.650. The molecule has 1 nitrogen and oxygen atoms in total. The van der Waals surface area contributed by atoms with Gasteiger partial charge >= 0.3 is 0 Å². The molecule has 0 atom stereocenters. The summed E-state index contributed by atoms with van der Waals surface area (Å²) in [6.07, 6.45) is 9.77. The highest BCUT2D eigenvalue weighted by atomic mass is 32.1. The van der Waals surface area contributed by atoms with Crippen LogP contribution in [0.25, 0.3) is 0 Å². The summed E-state index contributed by atoms with van der Waals surface area (Å²) in [7, 11) is 0. The van der Waals surface area contributed by atoms with E-state index in [2.05, 4.69) is 18.2 Å². The average molecular weight is 167 g/mol. The van der Waals surface area contributed by atoms with Crippen molar-refractivity contribution in [1.29, 1.82) is 0 Å². The minimum Gasteiger partial charge on any atom is -0.326 e. The monoisotopic (exact) mass is 167 g/mol. The Morgan fingerprint density at radius 2 is 2.36 bits per heavy atom. The Morgan fingerprint density at radius 1 is 1.55 bits per heavy atom. The maximum Gasteiger partial charge on any atom is 0.0246 e. The van der Waals surface area contributed by atoms with Gasteiger partial charge in [-0.2, -0.15) is 0 Å². The summed E-state index contributed by atoms with van der Waals surface area (Å²) in [5.74, 6) is 0. The van der Waals surface area contributed by atoms with Crippen LogP contribution in [0.3, 0.4) is 0 Å². The topological polar surface area (TPSA) is 26.0 Å². The predicted molar refractivity (Wildman–Crippen MR) is 52.7 cm³/mol. The molecule has 0 fully saturated rings. The highest BCUT2D eigenvalue weighted by Crippen LogP contribution is 2.13. The zero-order valence-electron chi connectivity index (χ0n) is 6.55. The second-order valence-corrected chi connectivity index (χ2v) is 3.26. The van der Waals surface area contributed by atoms with Crippen LogP contribution in [0.1, 0.15) is 19.3 Å². The van der Waals surface area contributed by atoms with E-state index in [1.165, 1.54) is 12.0 Å². The van der Waals surface area contributed by atoms with Crippen molar-refractivity contribution in [2.45, 2.75) is 19.3 Å². The Morgan fingerprint density at radius 3 is 2.91 bits per heavy atom. The van der Waals surface area contributed by atoms with E-state index >= 15 is 0 Å². The first-order valence-electron chi connectivity index (χ1n) is 3.90. The number of hydrogen-bond acceptors (Lipinski definition) is 2. The fourth-order valence-electron chi connectivity index (χ4n) is 1.10. The summed E-state index contributed by atoms with van der Waals surface area (Å²) < 4.78 is 0. The van der Waals surface area contributed by atoms with Crippen molar-refractivity contribution in [3.05, 3.63) is 23.8 Å². The van der Waals surface area contributed by atoms with Crippen molar-refractivity contribution in [1.82, 2.24) is 0 Å². The van der Waals surface area contributed by atoms with Gasteiger partial charge in [0, 0.05) is 17.8 Å². The third kappa shape index (κ3) is 2.95. The average Bonchev–Trinajstić information content (AvgIpc) is 2.06. The molecular weight excluding hydrogens is 154 g/mol. The molecule has 1 aliphatic rings. The minimum absolute atomic E-state index is 0.528. The van der Waals surface area contributed by atoms with Crippen molar-refractivity contribution >= 4 is 17.1 Å². The molecule has 0 heterocycles. The van der Waals surface area contributed by atoms with Crippen LogP contribution in [0.2, 0.25) is 0 Å². The molecule has 0 bridgehead atoms. The molecule has 1 rings (SSSR count). The first kappa shape index (κ1) is 8.62. The summed E-state index contributed by atoms with van der Waals surface area (Å²) in [5.41, 5.74) is 6.72. The molecule has 2 heteroatoms. The van der Waals surface area contributed by atoms with Crippen LogP contribution in [-0.4, -0.2) is 11.4 Å². The van der Waals surface area contributed by atoms with Gasteiger partial charge < -0.3 is 5.73 Å². The Kier molecular flexibility index (Phi) is 3.46.